The minimum Gasteiger partial charge on any atom is -0.348 e. The number of nitrogens with one attached hydrogen (secondary N) is 1. The number of aryl methyl sites for hydroxylation is 2. The molecule has 0 fully saturated rings. The lowest BCUT2D eigenvalue weighted by Crippen LogP contribution is -2.37. The van der Waals surface area contributed by atoms with Crippen LogP contribution in [-0.2, 0) is 11.3 Å². The molecule has 0 unspecified atom stereocenters. The van der Waals surface area contributed by atoms with Gasteiger partial charge in [0.15, 0.2) is 0 Å². The summed E-state index contributed by atoms with van der Waals surface area (Å²) in [6.07, 6.45) is 0. The Bertz CT molecular complexity index is 322. The lowest BCUT2D eigenvalue weighted by Gasteiger charge is -2.04. The molecule has 0 aliphatic carbocycles. The summed E-state index contributed by atoms with van der Waals surface area (Å²) in [7, 11) is 0. The van der Waals surface area contributed by atoms with Gasteiger partial charge in [0.1, 0.15) is 5.01 Å². The van der Waals surface area contributed by atoms with Crippen LogP contribution in [0.25, 0.3) is 0 Å². The van der Waals surface area contributed by atoms with E-state index in [1.807, 2.05) is 13.8 Å². The maximum Gasteiger partial charge on any atom is 0.236 e. The highest BCUT2D eigenvalue weighted by Crippen LogP contribution is 2.15. The first-order valence-corrected chi connectivity index (χ1v) is 5.28. The van der Waals surface area contributed by atoms with Gasteiger partial charge >= 0.3 is 0 Å². The highest BCUT2D eigenvalue weighted by atomic mass is 35.5. The van der Waals surface area contributed by atoms with Crippen molar-refractivity contribution < 1.29 is 4.79 Å². The Kier molecular flexibility index (Phi) is 8.83. The fourth-order valence-corrected chi connectivity index (χ4v) is 1.81. The predicted molar refractivity (Wildman–Crippen MR) is 71.6 cm³/mol. The number of hydrogen-bond donors (Lipinski definition) is 2. The van der Waals surface area contributed by atoms with Gasteiger partial charge in [-0.15, -0.1) is 36.2 Å². The number of nitrogens with zero attached hydrogens (tertiary/aromatic N) is 1. The number of aromatic nitrogens is 1. The quantitative estimate of drug-likeness (QED) is 0.886. The zero-order valence-electron chi connectivity index (χ0n) is 9.44. The van der Waals surface area contributed by atoms with Crippen LogP contribution in [0.2, 0.25) is 0 Å². The molecule has 3 N–H and O–H groups in total. The van der Waals surface area contributed by atoms with Crippen LogP contribution in [0.3, 0.4) is 0 Å². The summed E-state index contributed by atoms with van der Waals surface area (Å²) in [6.45, 7) is 6.11. The molecule has 7 heteroatoms. The number of carbonyl (C=O) groups excluding carboxylic acids is 1. The zero-order valence-corrected chi connectivity index (χ0v) is 11.9. The van der Waals surface area contributed by atoms with Crippen molar-refractivity contribution in [2.24, 2.45) is 5.73 Å². The molecule has 0 spiro atoms. The van der Waals surface area contributed by atoms with E-state index in [0.29, 0.717) is 6.54 Å². The van der Waals surface area contributed by atoms with Crippen molar-refractivity contribution >= 4 is 42.1 Å². The average Bonchev–Trinajstić information content (AvgIpc) is 2.42. The van der Waals surface area contributed by atoms with Crippen molar-refractivity contribution in [2.45, 2.75) is 33.4 Å². The molecule has 1 atom stereocenters. The molecule has 0 radical (unpaired) electrons. The molecule has 1 heterocycles. The second-order valence-electron chi connectivity index (χ2n) is 3.26. The topological polar surface area (TPSA) is 68.0 Å². The molecule has 0 saturated heterocycles. The molecule has 0 bridgehead atoms. The Balaban J connectivity index is 0. The molecule has 0 aliphatic heterocycles. The van der Waals surface area contributed by atoms with Crippen LogP contribution in [-0.4, -0.2) is 16.9 Å². The maximum absolute atomic E-state index is 11.1. The molecular formula is C9H17Cl2N3OS. The minimum atomic E-state index is -0.461. The first kappa shape index (κ1) is 18.0. The summed E-state index contributed by atoms with van der Waals surface area (Å²) < 4.78 is 0. The second kappa shape index (κ2) is 7.84. The van der Waals surface area contributed by atoms with Crippen molar-refractivity contribution in [1.29, 1.82) is 0 Å². The number of nitrogens with two attached hydrogens (primary N) is 1. The van der Waals surface area contributed by atoms with Crippen LogP contribution in [0.5, 0.6) is 0 Å². The lowest BCUT2D eigenvalue weighted by atomic mass is 10.3. The Hall–Kier alpha value is -0.360. The summed E-state index contributed by atoms with van der Waals surface area (Å²) in [5.41, 5.74) is 6.43. The van der Waals surface area contributed by atoms with Gasteiger partial charge in [0.05, 0.1) is 18.3 Å². The molecule has 1 amide bonds. The smallest absolute Gasteiger partial charge is 0.236 e. The average molecular weight is 286 g/mol. The van der Waals surface area contributed by atoms with Gasteiger partial charge in [0, 0.05) is 4.88 Å². The first-order chi connectivity index (χ1) is 6.50. The summed E-state index contributed by atoms with van der Waals surface area (Å²) in [4.78, 5) is 16.6. The largest absolute Gasteiger partial charge is 0.348 e. The van der Waals surface area contributed by atoms with Gasteiger partial charge in [0.2, 0.25) is 5.91 Å². The Morgan fingerprint density at radius 3 is 2.44 bits per heavy atom. The second-order valence-corrected chi connectivity index (χ2v) is 4.54. The Morgan fingerprint density at radius 2 is 2.06 bits per heavy atom. The summed E-state index contributed by atoms with van der Waals surface area (Å²) in [5.74, 6) is -0.143. The van der Waals surface area contributed by atoms with Crippen molar-refractivity contribution in [3.8, 4) is 0 Å². The van der Waals surface area contributed by atoms with Gasteiger partial charge < -0.3 is 11.1 Å². The van der Waals surface area contributed by atoms with Crippen LogP contribution in [0.1, 0.15) is 22.5 Å². The monoisotopic (exact) mass is 285 g/mol. The number of thiazole rings is 1. The van der Waals surface area contributed by atoms with Crippen LogP contribution >= 0.6 is 36.2 Å². The zero-order chi connectivity index (χ0) is 10.7. The molecule has 16 heavy (non-hydrogen) atoms. The van der Waals surface area contributed by atoms with E-state index in [9.17, 15) is 4.79 Å². The standard InChI is InChI=1S/C9H15N3OS.2ClH/c1-5(10)9(13)11-4-8-12-6(2)7(3)14-8;;/h5H,4,10H2,1-3H3,(H,11,13);2*1H/t5-;;/m0../s1. The fraction of sp³-hybridized carbons (Fsp3) is 0.556. The van der Waals surface area contributed by atoms with E-state index in [1.54, 1.807) is 18.3 Å². The fourth-order valence-electron chi connectivity index (χ4n) is 0.938. The van der Waals surface area contributed by atoms with Crippen LogP contribution in [0.4, 0.5) is 0 Å². The van der Waals surface area contributed by atoms with Gasteiger partial charge in [-0.3, -0.25) is 4.79 Å². The van der Waals surface area contributed by atoms with Gasteiger partial charge in [0.25, 0.3) is 0 Å². The Labute approximate surface area is 112 Å². The number of hydrogen-bond acceptors (Lipinski definition) is 4. The molecule has 0 aliphatic rings. The van der Waals surface area contributed by atoms with E-state index in [2.05, 4.69) is 10.3 Å². The lowest BCUT2D eigenvalue weighted by molar-refractivity contribution is -0.122. The number of rotatable bonds is 3. The van der Waals surface area contributed by atoms with Crippen LogP contribution < -0.4 is 11.1 Å². The molecular weight excluding hydrogens is 269 g/mol. The van der Waals surface area contributed by atoms with Crippen molar-refractivity contribution in [3.63, 3.8) is 0 Å². The number of carbonyl (C=O) groups is 1. The highest BCUT2D eigenvalue weighted by molar-refractivity contribution is 7.11. The molecule has 1 aromatic rings. The first-order valence-electron chi connectivity index (χ1n) is 4.47. The summed E-state index contributed by atoms with van der Waals surface area (Å²) >= 11 is 1.60. The van der Waals surface area contributed by atoms with E-state index < -0.39 is 6.04 Å². The highest BCUT2D eigenvalue weighted by Gasteiger charge is 2.08. The molecule has 1 aromatic heterocycles. The third-order valence-electron chi connectivity index (χ3n) is 1.90. The van der Waals surface area contributed by atoms with E-state index in [-0.39, 0.29) is 30.7 Å². The SMILES string of the molecule is Cc1nc(CNC(=O)[C@H](C)N)sc1C.Cl.Cl. The van der Waals surface area contributed by atoms with Crippen molar-refractivity contribution in [3.05, 3.63) is 15.6 Å². The number of halogens is 2. The predicted octanol–water partition coefficient (Wildman–Crippen LogP) is 1.57. The molecule has 4 nitrogen and oxygen atoms in total. The summed E-state index contributed by atoms with van der Waals surface area (Å²) in [6, 6.07) is -0.461. The van der Waals surface area contributed by atoms with Crippen molar-refractivity contribution in [2.75, 3.05) is 0 Å². The summed E-state index contributed by atoms with van der Waals surface area (Å²) in [5, 5.41) is 3.65. The van der Waals surface area contributed by atoms with E-state index in [4.69, 9.17) is 5.73 Å². The maximum atomic E-state index is 11.1. The molecule has 94 valence electrons. The molecule has 1 rings (SSSR count). The van der Waals surface area contributed by atoms with Crippen LogP contribution in [0, 0.1) is 13.8 Å². The van der Waals surface area contributed by atoms with Gasteiger partial charge in [-0.1, -0.05) is 0 Å². The third kappa shape index (κ3) is 5.12. The van der Waals surface area contributed by atoms with E-state index >= 15 is 0 Å². The minimum absolute atomic E-state index is 0. The van der Waals surface area contributed by atoms with E-state index in [1.165, 1.54) is 4.88 Å². The van der Waals surface area contributed by atoms with Gasteiger partial charge in [-0.25, -0.2) is 4.98 Å². The Morgan fingerprint density at radius 1 is 1.50 bits per heavy atom. The van der Waals surface area contributed by atoms with E-state index in [0.717, 1.165) is 10.7 Å². The van der Waals surface area contributed by atoms with Gasteiger partial charge in [-0.05, 0) is 20.8 Å². The normalized spacial score (nSPS) is 11.0. The van der Waals surface area contributed by atoms with Crippen LogP contribution in [0.15, 0.2) is 0 Å². The third-order valence-corrected chi connectivity index (χ3v) is 2.97. The van der Waals surface area contributed by atoms with Crippen molar-refractivity contribution in [1.82, 2.24) is 10.3 Å². The molecule has 0 saturated carbocycles. The van der Waals surface area contributed by atoms with Gasteiger partial charge in [-0.2, -0.15) is 0 Å². The molecule has 0 aromatic carbocycles. The number of amides is 1.